The summed E-state index contributed by atoms with van der Waals surface area (Å²) in [5, 5.41) is 0. The summed E-state index contributed by atoms with van der Waals surface area (Å²) in [5.74, 6) is -0.642. The Bertz CT molecular complexity index is 683. The van der Waals surface area contributed by atoms with E-state index in [2.05, 4.69) is 4.98 Å². The van der Waals surface area contributed by atoms with Gasteiger partial charge in [-0.15, -0.1) is 11.6 Å². The smallest absolute Gasteiger partial charge is 0.309 e. The number of hydrogen-bond acceptors (Lipinski definition) is 4. The number of alkyl halides is 1. The molecule has 1 atom stereocenters. The van der Waals surface area contributed by atoms with E-state index < -0.39 is 5.82 Å². The fourth-order valence-electron chi connectivity index (χ4n) is 2.63. The van der Waals surface area contributed by atoms with Gasteiger partial charge in [0.25, 0.3) is 0 Å². The van der Waals surface area contributed by atoms with E-state index in [9.17, 15) is 9.18 Å². The lowest BCUT2D eigenvalue weighted by Crippen LogP contribution is -2.17. The second-order valence-corrected chi connectivity index (χ2v) is 5.04. The maximum atomic E-state index is 14.4. The number of nitrogens with zero attached hydrogens (tertiary/aromatic N) is 1. The minimum atomic E-state index is -0.437. The van der Waals surface area contributed by atoms with Gasteiger partial charge in [-0.25, -0.2) is 9.37 Å². The van der Waals surface area contributed by atoms with Crippen LogP contribution in [0.4, 0.5) is 4.39 Å². The van der Waals surface area contributed by atoms with E-state index in [1.54, 1.807) is 13.0 Å². The van der Waals surface area contributed by atoms with Crippen molar-refractivity contribution in [2.24, 2.45) is 5.92 Å². The van der Waals surface area contributed by atoms with Crippen LogP contribution < -0.4 is 0 Å². The van der Waals surface area contributed by atoms with Crippen molar-refractivity contribution >= 4 is 28.7 Å². The highest BCUT2D eigenvalue weighted by Gasteiger charge is 2.32. The van der Waals surface area contributed by atoms with Gasteiger partial charge in [0.15, 0.2) is 11.4 Å². The molecule has 0 radical (unpaired) electrons. The van der Waals surface area contributed by atoms with Gasteiger partial charge in [0, 0.05) is 0 Å². The fraction of sp³-hybridized carbons (Fsp3) is 0.429. The highest BCUT2D eigenvalue weighted by atomic mass is 35.5. The zero-order chi connectivity index (χ0) is 14.3. The van der Waals surface area contributed by atoms with E-state index in [1.807, 2.05) is 0 Å². The Kier molecular flexibility index (Phi) is 3.38. The molecule has 20 heavy (non-hydrogen) atoms. The summed E-state index contributed by atoms with van der Waals surface area (Å²) in [5.41, 5.74) is 1.88. The van der Waals surface area contributed by atoms with Gasteiger partial charge < -0.3 is 9.15 Å². The van der Waals surface area contributed by atoms with Crippen LogP contribution >= 0.6 is 11.6 Å². The molecule has 106 valence electrons. The molecule has 4 nitrogen and oxygen atoms in total. The molecule has 1 aliphatic rings. The summed E-state index contributed by atoms with van der Waals surface area (Å²) in [4.78, 5) is 15.9. The molecule has 0 aliphatic heterocycles. The van der Waals surface area contributed by atoms with Crippen molar-refractivity contribution < 1.29 is 18.3 Å². The molecule has 0 fully saturated rings. The molecule has 3 rings (SSSR count). The van der Waals surface area contributed by atoms with Crippen molar-refractivity contribution in [3.8, 4) is 0 Å². The fourth-order valence-corrected chi connectivity index (χ4v) is 2.75. The summed E-state index contributed by atoms with van der Waals surface area (Å²) in [6.45, 7) is 2.09. The molecule has 0 bridgehead atoms. The van der Waals surface area contributed by atoms with Crippen molar-refractivity contribution in [2.75, 3.05) is 6.61 Å². The molecule has 0 spiro atoms. The molecule has 1 unspecified atom stereocenters. The number of ether oxygens (including phenoxy) is 1. The van der Waals surface area contributed by atoms with Crippen LogP contribution in [0.2, 0.25) is 0 Å². The first-order valence-electron chi connectivity index (χ1n) is 6.46. The zero-order valence-electron chi connectivity index (χ0n) is 10.9. The van der Waals surface area contributed by atoms with Gasteiger partial charge in [-0.1, -0.05) is 0 Å². The van der Waals surface area contributed by atoms with Gasteiger partial charge in [-0.3, -0.25) is 4.79 Å². The van der Waals surface area contributed by atoms with Gasteiger partial charge in [-0.05, 0) is 37.0 Å². The van der Waals surface area contributed by atoms with Crippen LogP contribution in [0.1, 0.15) is 23.9 Å². The number of esters is 1. The predicted octanol–water partition coefficient (Wildman–Crippen LogP) is 2.98. The normalized spacial score (nSPS) is 17.4. The van der Waals surface area contributed by atoms with Gasteiger partial charge in [0.05, 0.1) is 18.4 Å². The van der Waals surface area contributed by atoms with Crippen molar-refractivity contribution in [2.45, 2.75) is 25.6 Å². The molecule has 1 heterocycles. The van der Waals surface area contributed by atoms with Crippen molar-refractivity contribution in [3.05, 3.63) is 28.9 Å². The summed E-state index contributed by atoms with van der Waals surface area (Å²) >= 11 is 5.64. The first kappa shape index (κ1) is 13.4. The molecule has 0 saturated heterocycles. The highest BCUT2D eigenvalue weighted by Crippen LogP contribution is 2.34. The van der Waals surface area contributed by atoms with Crippen LogP contribution in [0, 0.1) is 11.7 Å². The molecule has 1 aromatic heterocycles. The number of rotatable bonds is 3. The van der Waals surface area contributed by atoms with E-state index in [0.717, 1.165) is 5.56 Å². The quantitative estimate of drug-likeness (QED) is 0.645. The van der Waals surface area contributed by atoms with Crippen LogP contribution in [0.3, 0.4) is 0 Å². The Morgan fingerprint density at radius 1 is 1.60 bits per heavy atom. The molecule has 1 aliphatic carbocycles. The average Bonchev–Trinajstić information content (AvgIpc) is 3.03. The van der Waals surface area contributed by atoms with Crippen LogP contribution in [-0.2, 0) is 28.3 Å². The number of aromatic nitrogens is 1. The summed E-state index contributed by atoms with van der Waals surface area (Å²) in [7, 11) is 0. The van der Waals surface area contributed by atoms with Gasteiger partial charge in [0.1, 0.15) is 5.52 Å². The third kappa shape index (κ3) is 2.06. The Balaban J connectivity index is 1.98. The molecule has 0 saturated carbocycles. The topological polar surface area (TPSA) is 52.3 Å². The summed E-state index contributed by atoms with van der Waals surface area (Å²) in [6, 6.07) is 1.77. The minimum Gasteiger partial charge on any atom is -0.466 e. The second kappa shape index (κ2) is 5.05. The van der Waals surface area contributed by atoms with E-state index >= 15 is 0 Å². The highest BCUT2D eigenvalue weighted by molar-refractivity contribution is 6.16. The molecule has 6 heteroatoms. The maximum absolute atomic E-state index is 14.4. The van der Waals surface area contributed by atoms with Crippen LogP contribution in [0.25, 0.3) is 11.1 Å². The lowest BCUT2D eigenvalue weighted by atomic mass is 10.1. The predicted molar refractivity (Wildman–Crippen MR) is 71.1 cm³/mol. The number of benzene rings is 1. The second-order valence-electron chi connectivity index (χ2n) is 4.77. The molecule has 2 aromatic rings. The van der Waals surface area contributed by atoms with Crippen LogP contribution in [0.15, 0.2) is 10.5 Å². The van der Waals surface area contributed by atoms with Gasteiger partial charge >= 0.3 is 5.97 Å². The number of hydrogen-bond donors (Lipinski definition) is 0. The molecule has 0 N–H and O–H groups in total. The standard InChI is InChI=1S/C14H13ClFNO3/c1-2-19-14(18)8-3-7-5-10-13(12(16)9(7)4-8)20-11(6-15)17-10/h5,8H,2-4,6H2,1H3. The molecule has 1 aromatic carbocycles. The van der Waals surface area contributed by atoms with E-state index in [1.165, 1.54) is 0 Å². The van der Waals surface area contributed by atoms with E-state index in [0.29, 0.717) is 36.4 Å². The zero-order valence-corrected chi connectivity index (χ0v) is 11.7. The van der Waals surface area contributed by atoms with Crippen LogP contribution in [-0.4, -0.2) is 17.6 Å². The maximum Gasteiger partial charge on any atom is 0.309 e. The van der Waals surface area contributed by atoms with Crippen molar-refractivity contribution in [1.29, 1.82) is 0 Å². The number of halogens is 2. The Morgan fingerprint density at radius 3 is 3.10 bits per heavy atom. The third-order valence-corrected chi connectivity index (χ3v) is 3.74. The van der Waals surface area contributed by atoms with Crippen molar-refractivity contribution in [1.82, 2.24) is 4.98 Å². The average molecular weight is 298 g/mol. The number of carbonyl (C=O) groups is 1. The van der Waals surface area contributed by atoms with E-state index in [-0.39, 0.29) is 23.4 Å². The van der Waals surface area contributed by atoms with Crippen LogP contribution in [0.5, 0.6) is 0 Å². The monoisotopic (exact) mass is 297 g/mol. The minimum absolute atomic E-state index is 0.101. The first-order valence-corrected chi connectivity index (χ1v) is 6.99. The lowest BCUT2D eigenvalue weighted by molar-refractivity contribution is -0.147. The molecular formula is C14H13ClFNO3. The molecule has 0 amide bonds. The molecular weight excluding hydrogens is 285 g/mol. The number of oxazole rings is 1. The number of carbonyl (C=O) groups excluding carboxylic acids is 1. The lowest BCUT2D eigenvalue weighted by Gasteiger charge is -2.06. The number of fused-ring (bicyclic) bond motifs is 2. The Labute approximate surface area is 119 Å². The first-order chi connectivity index (χ1) is 9.63. The van der Waals surface area contributed by atoms with Gasteiger partial charge in [0.2, 0.25) is 5.89 Å². The summed E-state index contributed by atoms with van der Waals surface area (Å²) in [6.07, 6.45) is 0.816. The van der Waals surface area contributed by atoms with Gasteiger partial charge in [-0.2, -0.15) is 0 Å². The Hall–Kier alpha value is -1.62. The summed E-state index contributed by atoms with van der Waals surface area (Å²) < 4.78 is 24.7. The van der Waals surface area contributed by atoms with Crippen molar-refractivity contribution in [3.63, 3.8) is 0 Å². The SMILES string of the molecule is CCOC(=O)C1Cc2cc3nc(CCl)oc3c(F)c2C1. The third-order valence-electron chi connectivity index (χ3n) is 3.51. The van der Waals surface area contributed by atoms with E-state index in [4.69, 9.17) is 20.8 Å². The Morgan fingerprint density at radius 2 is 2.40 bits per heavy atom. The largest absolute Gasteiger partial charge is 0.466 e.